The van der Waals surface area contributed by atoms with Gasteiger partial charge in [0, 0.05) is 0 Å². The lowest BCUT2D eigenvalue weighted by Crippen LogP contribution is -2.41. The smallest absolute Gasteiger partial charge is 0.408 e. The van der Waals surface area contributed by atoms with Crippen molar-refractivity contribution in [2.24, 2.45) is 0 Å². The summed E-state index contributed by atoms with van der Waals surface area (Å²) in [6, 6.07) is 8.78. The molecular formula is C21H33NO4. The van der Waals surface area contributed by atoms with Crippen molar-refractivity contribution in [3.63, 3.8) is 0 Å². The van der Waals surface area contributed by atoms with Gasteiger partial charge in [-0.3, -0.25) is 0 Å². The largest absolute Gasteiger partial charge is 0.467 e. The lowest BCUT2D eigenvalue weighted by atomic mass is 10.0. The van der Waals surface area contributed by atoms with Crippen molar-refractivity contribution in [2.75, 3.05) is 7.11 Å². The van der Waals surface area contributed by atoms with Crippen molar-refractivity contribution in [1.29, 1.82) is 0 Å². The molecule has 1 amide bonds. The van der Waals surface area contributed by atoms with Crippen LogP contribution >= 0.6 is 0 Å². The van der Waals surface area contributed by atoms with E-state index in [1.165, 1.54) is 39.2 Å². The summed E-state index contributed by atoms with van der Waals surface area (Å²) in [5.74, 6) is -0.426. The third kappa shape index (κ3) is 10.1. The molecule has 0 aliphatic heterocycles. The molecule has 1 N–H and O–H groups in total. The fourth-order valence-electron chi connectivity index (χ4n) is 2.78. The minimum atomic E-state index is -0.650. The fourth-order valence-corrected chi connectivity index (χ4v) is 2.78. The van der Waals surface area contributed by atoms with E-state index in [-0.39, 0.29) is 6.61 Å². The molecule has 5 nitrogen and oxygen atoms in total. The summed E-state index contributed by atoms with van der Waals surface area (Å²) in [5.41, 5.74) is 0.903. The summed E-state index contributed by atoms with van der Waals surface area (Å²) in [4.78, 5) is 23.8. The number of esters is 1. The molecule has 0 radical (unpaired) electrons. The average molecular weight is 363 g/mol. The molecule has 0 aromatic heterocycles. The predicted octanol–water partition coefficient (Wildman–Crippen LogP) is 4.99. The Kier molecular flexibility index (Phi) is 12.0. The average Bonchev–Trinajstić information content (AvgIpc) is 2.67. The highest BCUT2D eigenvalue weighted by Crippen LogP contribution is 2.11. The van der Waals surface area contributed by atoms with Crippen LogP contribution in [0.3, 0.4) is 0 Å². The van der Waals surface area contributed by atoms with Crippen LogP contribution in [0.15, 0.2) is 30.3 Å². The van der Waals surface area contributed by atoms with Crippen LogP contribution in [0, 0.1) is 0 Å². The van der Waals surface area contributed by atoms with Gasteiger partial charge in [0.25, 0.3) is 0 Å². The Labute approximate surface area is 157 Å². The van der Waals surface area contributed by atoms with Crippen molar-refractivity contribution >= 4 is 12.1 Å². The number of rotatable bonds is 13. The molecular weight excluding hydrogens is 330 g/mol. The maximum Gasteiger partial charge on any atom is 0.408 e. The molecule has 0 spiro atoms. The molecule has 146 valence electrons. The molecule has 0 saturated carbocycles. The summed E-state index contributed by atoms with van der Waals surface area (Å²) in [6.45, 7) is 2.39. The summed E-state index contributed by atoms with van der Waals surface area (Å²) in [5, 5.41) is 2.62. The predicted molar refractivity (Wildman–Crippen MR) is 103 cm³/mol. The van der Waals surface area contributed by atoms with Gasteiger partial charge in [-0.2, -0.15) is 0 Å². The van der Waals surface area contributed by atoms with Gasteiger partial charge in [-0.25, -0.2) is 9.59 Å². The Morgan fingerprint density at radius 3 is 2.19 bits per heavy atom. The van der Waals surface area contributed by atoms with E-state index in [9.17, 15) is 9.59 Å². The third-order valence-electron chi connectivity index (χ3n) is 4.34. The number of carbonyl (C=O) groups is 2. The van der Waals surface area contributed by atoms with Crippen LogP contribution in [0.2, 0.25) is 0 Å². The Morgan fingerprint density at radius 2 is 1.58 bits per heavy atom. The van der Waals surface area contributed by atoms with E-state index in [4.69, 9.17) is 9.47 Å². The van der Waals surface area contributed by atoms with E-state index in [0.29, 0.717) is 6.42 Å². The van der Waals surface area contributed by atoms with Gasteiger partial charge in [0.2, 0.25) is 0 Å². The summed E-state index contributed by atoms with van der Waals surface area (Å²) in [7, 11) is 1.33. The highest BCUT2D eigenvalue weighted by Gasteiger charge is 2.21. The van der Waals surface area contributed by atoms with E-state index in [1.807, 2.05) is 30.3 Å². The zero-order valence-corrected chi connectivity index (χ0v) is 16.2. The third-order valence-corrected chi connectivity index (χ3v) is 4.34. The van der Waals surface area contributed by atoms with Gasteiger partial charge in [0.1, 0.15) is 12.6 Å². The first-order valence-electron chi connectivity index (χ1n) is 9.72. The molecule has 0 fully saturated rings. The zero-order valence-electron chi connectivity index (χ0n) is 16.2. The van der Waals surface area contributed by atoms with Crippen molar-refractivity contribution in [1.82, 2.24) is 5.32 Å². The van der Waals surface area contributed by atoms with Crippen LogP contribution in [-0.2, 0) is 20.9 Å². The molecule has 0 saturated heterocycles. The molecule has 1 aromatic carbocycles. The van der Waals surface area contributed by atoms with Crippen LogP contribution in [0.5, 0.6) is 0 Å². The van der Waals surface area contributed by atoms with Crippen LogP contribution in [0.25, 0.3) is 0 Å². The van der Waals surface area contributed by atoms with Gasteiger partial charge < -0.3 is 14.8 Å². The number of alkyl carbamates (subject to hydrolysis) is 1. The molecule has 1 rings (SSSR count). The molecule has 0 heterocycles. The van der Waals surface area contributed by atoms with Crippen LogP contribution in [0.1, 0.15) is 70.3 Å². The molecule has 1 atom stereocenters. The van der Waals surface area contributed by atoms with Crippen molar-refractivity contribution in [3.8, 4) is 0 Å². The van der Waals surface area contributed by atoms with Crippen molar-refractivity contribution < 1.29 is 19.1 Å². The Morgan fingerprint density at radius 1 is 0.962 bits per heavy atom. The second-order valence-electron chi connectivity index (χ2n) is 6.55. The van der Waals surface area contributed by atoms with E-state index in [2.05, 4.69) is 12.2 Å². The molecule has 0 unspecified atom stereocenters. The van der Waals surface area contributed by atoms with Gasteiger partial charge in [-0.15, -0.1) is 0 Å². The normalized spacial score (nSPS) is 11.6. The minimum absolute atomic E-state index is 0.179. The Hall–Kier alpha value is -2.04. The van der Waals surface area contributed by atoms with Crippen molar-refractivity contribution in [2.45, 2.75) is 77.4 Å². The van der Waals surface area contributed by atoms with Gasteiger partial charge in [0.05, 0.1) is 7.11 Å². The van der Waals surface area contributed by atoms with Crippen LogP contribution < -0.4 is 5.32 Å². The molecule has 26 heavy (non-hydrogen) atoms. The number of benzene rings is 1. The lowest BCUT2D eigenvalue weighted by molar-refractivity contribution is -0.143. The fraction of sp³-hybridized carbons (Fsp3) is 0.619. The topological polar surface area (TPSA) is 64.6 Å². The number of nitrogens with one attached hydrogen (secondary N) is 1. The number of methoxy groups -OCH3 is 1. The Bertz CT molecular complexity index is 504. The number of carbonyl (C=O) groups excluding carboxylic acids is 2. The second-order valence-corrected chi connectivity index (χ2v) is 6.55. The number of unbranched alkanes of at least 4 members (excludes halogenated alkanes) is 7. The van der Waals surface area contributed by atoms with E-state index in [0.717, 1.165) is 24.8 Å². The SMILES string of the molecule is CCCCCCCCCC[C@@H](NC(=O)OCc1ccccc1)C(=O)OC. The minimum Gasteiger partial charge on any atom is -0.467 e. The molecule has 0 aliphatic rings. The van der Waals surface area contributed by atoms with Crippen molar-refractivity contribution in [3.05, 3.63) is 35.9 Å². The van der Waals surface area contributed by atoms with E-state index < -0.39 is 18.1 Å². The van der Waals surface area contributed by atoms with E-state index >= 15 is 0 Å². The first-order chi connectivity index (χ1) is 12.7. The van der Waals surface area contributed by atoms with Gasteiger partial charge in [-0.1, -0.05) is 88.6 Å². The summed E-state index contributed by atoms with van der Waals surface area (Å²) >= 11 is 0. The lowest BCUT2D eigenvalue weighted by Gasteiger charge is -2.16. The molecule has 5 heteroatoms. The maximum absolute atomic E-state index is 11.9. The number of hydrogen-bond acceptors (Lipinski definition) is 4. The monoisotopic (exact) mass is 363 g/mol. The highest BCUT2D eigenvalue weighted by molar-refractivity contribution is 5.81. The standard InChI is InChI=1S/C21H33NO4/c1-3-4-5-6-7-8-9-13-16-19(20(23)25-2)22-21(24)26-17-18-14-11-10-12-15-18/h10-12,14-15,19H,3-9,13,16-17H2,1-2H3,(H,22,24)/t19-/m1/s1. The van der Waals surface area contributed by atoms with Crippen LogP contribution in [0.4, 0.5) is 4.79 Å². The number of ether oxygens (including phenoxy) is 2. The second kappa shape index (κ2) is 14.2. The Balaban J connectivity index is 2.25. The number of amides is 1. The molecule has 0 bridgehead atoms. The quantitative estimate of drug-likeness (QED) is 0.396. The first-order valence-corrected chi connectivity index (χ1v) is 9.72. The number of hydrogen-bond donors (Lipinski definition) is 1. The summed E-state index contributed by atoms with van der Waals surface area (Å²) < 4.78 is 9.97. The molecule has 0 aliphatic carbocycles. The van der Waals surface area contributed by atoms with E-state index in [1.54, 1.807) is 0 Å². The van der Waals surface area contributed by atoms with Gasteiger partial charge in [-0.05, 0) is 12.0 Å². The van der Waals surface area contributed by atoms with Crippen LogP contribution in [-0.4, -0.2) is 25.2 Å². The van der Waals surface area contributed by atoms with Gasteiger partial charge >= 0.3 is 12.1 Å². The molecule has 1 aromatic rings. The summed E-state index contributed by atoms with van der Waals surface area (Å²) in [6.07, 6.45) is 9.45. The van der Waals surface area contributed by atoms with Gasteiger partial charge in [0.15, 0.2) is 0 Å². The zero-order chi connectivity index (χ0) is 19.0. The highest BCUT2D eigenvalue weighted by atomic mass is 16.6. The maximum atomic E-state index is 11.9. The first kappa shape index (κ1) is 22.0.